The summed E-state index contributed by atoms with van der Waals surface area (Å²) in [6, 6.07) is 16.9. The van der Waals surface area contributed by atoms with Crippen molar-refractivity contribution in [2.24, 2.45) is 0 Å². The molecule has 1 aliphatic heterocycles. The van der Waals surface area contributed by atoms with Gasteiger partial charge in [0.25, 0.3) is 0 Å². The molecule has 1 saturated heterocycles. The third kappa shape index (κ3) is 6.55. The average molecular weight is 512 g/mol. The van der Waals surface area contributed by atoms with Gasteiger partial charge < -0.3 is 4.74 Å². The van der Waals surface area contributed by atoms with Gasteiger partial charge in [-0.2, -0.15) is 0 Å². The van der Waals surface area contributed by atoms with Gasteiger partial charge in [-0.05, 0) is 60.0 Å². The van der Waals surface area contributed by atoms with Crippen LogP contribution < -0.4 is 4.72 Å². The number of halogens is 1. The maximum atomic E-state index is 12.9. The number of likely N-dealkylation sites (tertiary alicyclic amines) is 1. The third-order valence-corrected chi connectivity index (χ3v) is 7.61. The molecule has 3 aromatic rings. The first-order chi connectivity index (χ1) is 16.8. The molecule has 1 fully saturated rings. The molecule has 9 heteroatoms. The van der Waals surface area contributed by atoms with Crippen LogP contribution >= 0.6 is 11.6 Å². The molecule has 35 heavy (non-hydrogen) atoms. The van der Waals surface area contributed by atoms with E-state index in [9.17, 15) is 13.2 Å². The fraction of sp³-hybridized carbons (Fsp3) is 0.231. The van der Waals surface area contributed by atoms with E-state index in [1.807, 2.05) is 36.5 Å². The fourth-order valence-corrected chi connectivity index (χ4v) is 5.50. The normalized spacial score (nSPS) is 18.7. The van der Waals surface area contributed by atoms with E-state index < -0.39 is 16.0 Å². The largest absolute Gasteiger partial charge is 0.465 e. The van der Waals surface area contributed by atoms with E-state index in [2.05, 4.69) is 14.6 Å². The maximum Gasteiger partial charge on any atom is 0.337 e. The number of nitrogens with zero attached hydrogens (tertiary/aromatic N) is 2. The zero-order valence-electron chi connectivity index (χ0n) is 19.2. The van der Waals surface area contributed by atoms with Crippen molar-refractivity contribution < 1.29 is 17.9 Å². The highest BCUT2D eigenvalue weighted by Crippen LogP contribution is 2.24. The fourth-order valence-electron chi connectivity index (χ4n) is 4.14. The molecule has 0 bridgehead atoms. The van der Waals surface area contributed by atoms with Crippen LogP contribution in [0.2, 0.25) is 5.02 Å². The van der Waals surface area contributed by atoms with Crippen molar-refractivity contribution >= 4 is 33.7 Å². The number of carbonyl (C=O) groups is 1. The number of pyridine rings is 1. The van der Waals surface area contributed by atoms with Crippen LogP contribution in [0.4, 0.5) is 0 Å². The standard InChI is InChI=1S/C26H26ClN3O4S/c1-34-26(31)21-6-2-4-19(14-21)7-10-24-15-23(18-30(24)17-20-5-3-13-28-16-20)29-35(32,33)25-11-8-22(27)9-12-25/h2-14,16,23-24,29H,15,17-18H2,1H3/t23-,24-/m1/s1. The minimum atomic E-state index is -3.69. The van der Waals surface area contributed by atoms with E-state index in [1.165, 1.54) is 19.2 Å². The van der Waals surface area contributed by atoms with E-state index in [0.29, 0.717) is 30.1 Å². The first-order valence-corrected chi connectivity index (χ1v) is 13.0. The van der Waals surface area contributed by atoms with Gasteiger partial charge in [0.2, 0.25) is 10.0 Å². The second kappa shape index (κ2) is 11.1. The maximum absolute atomic E-state index is 12.9. The summed E-state index contributed by atoms with van der Waals surface area (Å²) in [5, 5.41) is 0.480. The van der Waals surface area contributed by atoms with Crippen LogP contribution in [0.1, 0.15) is 27.9 Å². The van der Waals surface area contributed by atoms with Crippen LogP contribution in [0.15, 0.2) is 84.0 Å². The molecular weight excluding hydrogens is 486 g/mol. The Balaban J connectivity index is 1.53. The first-order valence-electron chi connectivity index (χ1n) is 11.1. The highest BCUT2D eigenvalue weighted by molar-refractivity contribution is 7.89. The molecule has 0 amide bonds. The van der Waals surface area contributed by atoms with E-state index in [0.717, 1.165) is 11.1 Å². The number of hydrogen-bond donors (Lipinski definition) is 1. The number of ether oxygens (including phenoxy) is 1. The Kier molecular flexibility index (Phi) is 7.97. The number of benzene rings is 2. The zero-order chi connectivity index (χ0) is 24.8. The van der Waals surface area contributed by atoms with Gasteiger partial charge in [0.1, 0.15) is 0 Å². The predicted octanol–water partition coefficient (Wildman–Crippen LogP) is 4.16. The Bertz CT molecular complexity index is 1300. The monoisotopic (exact) mass is 511 g/mol. The number of sulfonamides is 1. The molecule has 0 radical (unpaired) electrons. The van der Waals surface area contributed by atoms with E-state index in [1.54, 1.807) is 36.5 Å². The van der Waals surface area contributed by atoms with Crippen molar-refractivity contribution in [3.63, 3.8) is 0 Å². The number of rotatable bonds is 8. The molecule has 2 aromatic carbocycles. The lowest BCUT2D eigenvalue weighted by atomic mass is 10.1. The predicted molar refractivity (Wildman–Crippen MR) is 135 cm³/mol. The molecule has 1 aliphatic rings. The highest BCUT2D eigenvalue weighted by Gasteiger charge is 2.33. The lowest BCUT2D eigenvalue weighted by Crippen LogP contribution is -2.37. The van der Waals surface area contributed by atoms with Crippen molar-refractivity contribution in [3.8, 4) is 0 Å². The summed E-state index contributed by atoms with van der Waals surface area (Å²) in [5.74, 6) is -0.393. The second-order valence-corrected chi connectivity index (χ2v) is 10.5. The summed E-state index contributed by atoms with van der Waals surface area (Å²) >= 11 is 5.91. The van der Waals surface area contributed by atoms with Gasteiger partial charge in [-0.15, -0.1) is 0 Å². The Morgan fingerprint density at radius 1 is 1.20 bits per heavy atom. The Morgan fingerprint density at radius 3 is 2.71 bits per heavy atom. The van der Waals surface area contributed by atoms with Crippen molar-refractivity contribution in [2.75, 3.05) is 13.7 Å². The molecule has 0 saturated carbocycles. The van der Waals surface area contributed by atoms with E-state index >= 15 is 0 Å². The lowest BCUT2D eigenvalue weighted by Gasteiger charge is -2.21. The molecule has 1 N–H and O–H groups in total. The summed E-state index contributed by atoms with van der Waals surface area (Å²) in [7, 11) is -2.34. The highest BCUT2D eigenvalue weighted by atomic mass is 35.5. The molecule has 0 spiro atoms. The van der Waals surface area contributed by atoms with Crippen LogP contribution in [-0.2, 0) is 21.3 Å². The smallest absolute Gasteiger partial charge is 0.337 e. The molecule has 1 aromatic heterocycles. The minimum absolute atomic E-state index is 0.0186. The first kappa shape index (κ1) is 25.1. The summed E-state index contributed by atoms with van der Waals surface area (Å²) in [4.78, 5) is 18.4. The van der Waals surface area contributed by atoms with Crippen LogP contribution in [-0.4, -0.2) is 50.0 Å². The summed E-state index contributed by atoms with van der Waals surface area (Å²) in [5.41, 5.74) is 2.38. The summed E-state index contributed by atoms with van der Waals surface area (Å²) in [6.45, 7) is 1.17. The van der Waals surface area contributed by atoms with Gasteiger partial charge in [0, 0.05) is 42.6 Å². The number of carbonyl (C=O) groups excluding carboxylic acids is 1. The van der Waals surface area contributed by atoms with E-state index in [-0.39, 0.29) is 17.0 Å². The minimum Gasteiger partial charge on any atom is -0.465 e. The SMILES string of the molecule is COC(=O)c1cccc(C=C[C@@H]2C[C@@H](NS(=O)(=O)c3ccc(Cl)cc3)CN2Cc2cccnc2)c1. The number of nitrogens with one attached hydrogen (secondary N) is 1. The van der Waals surface area contributed by atoms with Crippen molar-refractivity contribution in [2.45, 2.75) is 29.9 Å². The summed E-state index contributed by atoms with van der Waals surface area (Å²) in [6.07, 6.45) is 8.13. The van der Waals surface area contributed by atoms with Crippen molar-refractivity contribution in [3.05, 3.63) is 101 Å². The van der Waals surface area contributed by atoms with E-state index in [4.69, 9.17) is 16.3 Å². The van der Waals surface area contributed by atoms with Crippen LogP contribution in [0.3, 0.4) is 0 Å². The molecule has 2 atom stereocenters. The van der Waals surface area contributed by atoms with Crippen LogP contribution in [0.25, 0.3) is 6.08 Å². The van der Waals surface area contributed by atoms with Crippen LogP contribution in [0, 0.1) is 0 Å². The number of esters is 1. The van der Waals surface area contributed by atoms with Gasteiger partial charge in [-0.3, -0.25) is 9.88 Å². The quantitative estimate of drug-likeness (QED) is 0.457. The molecular formula is C26H26ClN3O4S. The Labute approximate surface area is 210 Å². The lowest BCUT2D eigenvalue weighted by molar-refractivity contribution is 0.0600. The average Bonchev–Trinajstić information content (AvgIpc) is 3.23. The number of methoxy groups -OCH3 is 1. The summed E-state index contributed by atoms with van der Waals surface area (Å²) < 4.78 is 33.5. The van der Waals surface area contributed by atoms with Gasteiger partial charge >= 0.3 is 5.97 Å². The van der Waals surface area contributed by atoms with Gasteiger partial charge in [-0.25, -0.2) is 17.9 Å². The Hall–Kier alpha value is -3.04. The number of aromatic nitrogens is 1. The van der Waals surface area contributed by atoms with Gasteiger partial charge in [0.05, 0.1) is 17.6 Å². The molecule has 4 rings (SSSR count). The zero-order valence-corrected chi connectivity index (χ0v) is 20.7. The topological polar surface area (TPSA) is 88.6 Å². The molecule has 2 heterocycles. The number of hydrogen-bond acceptors (Lipinski definition) is 6. The molecule has 182 valence electrons. The van der Waals surface area contributed by atoms with Crippen LogP contribution in [0.5, 0.6) is 0 Å². The van der Waals surface area contributed by atoms with Gasteiger partial charge in [-0.1, -0.05) is 42.0 Å². The third-order valence-electron chi connectivity index (χ3n) is 5.82. The molecule has 0 aliphatic carbocycles. The molecule has 0 unspecified atom stereocenters. The second-order valence-electron chi connectivity index (χ2n) is 8.34. The molecule has 7 nitrogen and oxygen atoms in total. The van der Waals surface area contributed by atoms with Gasteiger partial charge in [0.15, 0.2) is 0 Å². The Morgan fingerprint density at radius 2 is 2.00 bits per heavy atom. The van der Waals surface area contributed by atoms with Crippen molar-refractivity contribution in [1.29, 1.82) is 0 Å². The van der Waals surface area contributed by atoms with Crippen molar-refractivity contribution in [1.82, 2.24) is 14.6 Å².